The van der Waals surface area contributed by atoms with Crippen molar-refractivity contribution in [3.05, 3.63) is 5.92 Å². The second kappa shape index (κ2) is 8.55. The van der Waals surface area contributed by atoms with E-state index in [-0.39, 0.29) is 0 Å². The molecule has 0 saturated heterocycles. The van der Waals surface area contributed by atoms with Crippen molar-refractivity contribution in [2.24, 2.45) is 0 Å². The molecule has 0 aromatic carbocycles. The van der Waals surface area contributed by atoms with Crippen molar-refractivity contribution < 1.29 is 0 Å². The van der Waals surface area contributed by atoms with Crippen molar-refractivity contribution in [1.82, 2.24) is 5.32 Å². The predicted octanol–water partition coefficient (Wildman–Crippen LogP) is 3.55. The highest BCUT2D eigenvalue weighted by Crippen LogP contribution is 2.10. The van der Waals surface area contributed by atoms with Gasteiger partial charge in [0.05, 0.1) is 0 Å². The minimum absolute atomic E-state index is 0.645. The van der Waals surface area contributed by atoms with Crippen molar-refractivity contribution in [2.75, 3.05) is 6.54 Å². The smallest absolute Gasteiger partial charge is 0.00103 e. The Labute approximate surface area is 84.3 Å². The summed E-state index contributed by atoms with van der Waals surface area (Å²) in [7, 11) is 0. The first kappa shape index (κ1) is 13.0. The van der Waals surface area contributed by atoms with Crippen LogP contribution in [0.3, 0.4) is 0 Å². The van der Waals surface area contributed by atoms with Crippen molar-refractivity contribution in [1.29, 1.82) is 0 Å². The van der Waals surface area contributed by atoms with Gasteiger partial charge in [0.1, 0.15) is 0 Å². The quantitative estimate of drug-likeness (QED) is 0.569. The van der Waals surface area contributed by atoms with Crippen LogP contribution in [0.4, 0.5) is 0 Å². The lowest BCUT2D eigenvalue weighted by molar-refractivity contribution is 0.538. The van der Waals surface area contributed by atoms with Crippen LogP contribution in [0, 0.1) is 5.92 Å². The predicted molar refractivity (Wildman–Crippen MR) is 60.8 cm³/mol. The third-order valence-corrected chi connectivity index (χ3v) is 2.16. The highest BCUT2D eigenvalue weighted by Gasteiger charge is 1.95. The third kappa shape index (κ3) is 12.0. The van der Waals surface area contributed by atoms with Gasteiger partial charge in [0, 0.05) is 6.04 Å². The molecular formula is C12H26N. The molecule has 1 nitrogen and oxygen atoms in total. The molecule has 0 unspecified atom stereocenters. The maximum atomic E-state index is 3.44. The molecular weight excluding hydrogens is 158 g/mol. The zero-order valence-corrected chi connectivity index (χ0v) is 9.82. The van der Waals surface area contributed by atoms with Crippen LogP contribution in [-0.2, 0) is 0 Å². The molecule has 0 atom stereocenters. The zero-order valence-electron chi connectivity index (χ0n) is 9.82. The highest BCUT2D eigenvalue weighted by atomic mass is 14.9. The summed E-state index contributed by atoms with van der Waals surface area (Å²) in [6.45, 7) is 10.0. The summed E-state index contributed by atoms with van der Waals surface area (Å²) in [5.41, 5.74) is 0. The van der Waals surface area contributed by atoms with Crippen LogP contribution in [-0.4, -0.2) is 12.6 Å². The van der Waals surface area contributed by atoms with Gasteiger partial charge in [-0.2, -0.15) is 0 Å². The molecule has 0 fully saturated rings. The van der Waals surface area contributed by atoms with E-state index in [1.807, 2.05) is 0 Å². The Bertz CT molecular complexity index is 85.3. The number of hydrogen-bond donors (Lipinski definition) is 1. The van der Waals surface area contributed by atoms with Crippen LogP contribution in [0.1, 0.15) is 59.8 Å². The molecule has 0 aromatic rings. The Hall–Kier alpha value is -0.0400. The first-order chi connectivity index (χ1) is 6.13. The zero-order chi connectivity index (χ0) is 10.1. The number of nitrogens with one attached hydrogen (secondary N) is 1. The first-order valence-corrected chi connectivity index (χ1v) is 5.65. The van der Waals surface area contributed by atoms with Gasteiger partial charge >= 0.3 is 0 Å². The van der Waals surface area contributed by atoms with E-state index in [0.717, 1.165) is 0 Å². The Morgan fingerprint density at radius 3 is 2.15 bits per heavy atom. The molecule has 0 aliphatic carbocycles. The minimum Gasteiger partial charge on any atom is -0.315 e. The lowest BCUT2D eigenvalue weighted by atomic mass is 10.0. The molecule has 0 spiro atoms. The van der Waals surface area contributed by atoms with E-state index in [1.54, 1.807) is 5.92 Å². The standard InChI is InChI=1S/C12H26N/c1-11(2)9-7-5-6-8-10-13-12(3)4/h12-13H,5-10H2,1-4H3. The molecule has 0 aromatic heterocycles. The van der Waals surface area contributed by atoms with Crippen molar-refractivity contribution in [3.63, 3.8) is 0 Å². The maximum absolute atomic E-state index is 3.44. The van der Waals surface area contributed by atoms with E-state index in [4.69, 9.17) is 0 Å². The molecule has 0 rings (SSSR count). The molecule has 1 radical (unpaired) electrons. The molecule has 13 heavy (non-hydrogen) atoms. The van der Waals surface area contributed by atoms with Gasteiger partial charge in [-0.3, -0.25) is 0 Å². The SMILES string of the molecule is C[C](C)CCCCCCNC(C)C. The minimum atomic E-state index is 0.645. The second-order valence-electron chi connectivity index (χ2n) is 4.48. The van der Waals surface area contributed by atoms with Crippen LogP contribution < -0.4 is 5.32 Å². The normalized spacial score (nSPS) is 11.5. The summed E-state index contributed by atoms with van der Waals surface area (Å²) in [5, 5.41) is 3.44. The Morgan fingerprint density at radius 2 is 1.62 bits per heavy atom. The van der Waals surface area contributed by atoms with E-state index in [0.29, 0.717) is 6.04 Å². The van der Waals surface area contributed by atoms with E-state index >= 15 is 0 Å². The van der Waals surface area contributed by atoms with Gasteiger partial charge in [-0.25, -0.2) is 0 Å². The number of rotatable bonds is 8. The topological polar surface area (TPSA) is 12.0 Å². The average molecular weight is 184 g/mol. The molecule has 0 aliphatic rings. The van der Waals surface area contributed by atoms with Gasteiger partial charge in [0.2, 0.25) is 0 Å². The molecule has 1 heteroatoms. The maximum Gasteiger partial charge on any atom is 0.00103 e. The van der Waals surface area contributed by atoms with Crippen LogP contribution in [0.15, 0.2) is 0 Å². The van der Waals surface area contributed by atoms with Gasteiger partial charge in [-0.05, 0) is 25.3 Å². The second-order valence-corrected chi connectivity index (χ2v) is 4.48. The van der Waals surface area contributed by atoms with E-state index in [2.05, 4.69) is 33.0 Å². The van der Waals surface area contributed by atoms with Gasteiger partial charge in [0.15, 0.2) is 0 Å². The lowest BCUT2D eigenvalue weighted by Crippen LogP contribution is -2.23. The molecule has 0 amide bonds. The Kier molecular flexibility index (Phi) is 8.53. The van der Waals surface area contributed by atoms with Crippen LogP contribution in [0.2, 0.25) is 0 Å². The average Bonchev–Trinajstić information content (AvgIpc) is 2.01. The van der Waals surface area contributed by atoms with Gasteiger partial charge < -0.3 is 5.32 Å². The molecule has 0 saturated carbocycles. The van der Waals surface area contributed by atoms with Crippen molar-refractivity contribution in [3.8, 4) is 0 Å². The molecule has 1 N–H and O–H groups in total. The summed E-state index contributed by atoms with van der Waals surface area (Å²) in [5.74, 6) is 1.57. The number of hydrogen-bond acceptors (Lipinski definition) is 1. The summed E-state index contributed by atoms with van der Waals surface area (Å²) in [4.78, 5) is 0. The molecule has 0 bridgehead atoms. The summed E-state index contributed by atoms with van der Waals surface area (Å²) >= 11 is 0. The largest absolute Gasteiger partial charge is 0.315 e. The van der Waals surface area contributed by atoms with Crippen LogP contribution in [0.25, 0.3) is 0 Å². The van der Waals surface area contributed by atoms with Crippen molar-refractivity contribution in [2.45, 2.75) is 65.8 Å². The monoisotopic (exact) mass is 184 g/mol. The Balaban J connectivity index is 2.92. The van der Waals surface area contributed by atoms with Crippen LogP contribution >= 0.6 is 0 Å². The van der Waals surface area contributed by atoms with Gasteiger partial charge in [0.25, 0.3) is 0 Å². The summed E-state index contributed by atoms with van der Waals surface area (Å²) in [6, 6.07) is 0.645. The fourth-order valence-corrected chi connectivity index (χ4v) is 1.35. The lowest BCUT2D eigenvalue weighted by Gasteiger charge is -2.07. The number of unbranched alkanes of at least 4 members (excludes halogenated alkanes) is 3. The van der Waals surface area contributed by atoms with E-state index in [1.165, 1.54) is 38.6 Å². The summed E-state index contributed by atoms with van der Waals surface area (Å²) < 4.78 is 0. The molecule has 0 aliphatic heterocycles. The molecule has 0 heterocycles. The summed E-state index contributed by atoms with van der Waals surface area (Å²) in [6.07, 6.45) is 6.81. The van der Waals surface area contributed by atoms with E-state index in [9.17, 15) is 0 Å². The molecule has 79 valence electrons. The van der Waals surface area contributed by atoms with Crippen molar-refractivity contribution >= 4 is 0 Å². The highest BCUT2D eigenvalue weighted by molar-refractivity contribution is 4.75. The van der Waals surface area contributed by atoms with Gasteiger partial charge in [-0.15, -0.1) is 0 Å². The van der Waals surface area contributed by atoms with Gasteiger partial charge in [-0.1, -0.05) is 47.0 Å². The van der Waals surface area contributed by atoms with Crippen LogP contribution in [0.5, 0.6) is 0 Å². The Morgan fingerprint density at radius 1 is 1.00 bits per heavy atom. The van der Waals surface area contributed by atoms with E-state index < -0.39 is 0 Å². The fourth-order valence-electron chi connectivity index (χ4n) is 1.35. The third-order valence-electron chi connectivity index (χ3n) is 2.16. The first-order valence-electron chi connectivity index (χ1n) is 5.65. The fraction of sp³-hybridized carbons (Fsp3) is 0.917.